The molecule has 0 aliphatic heterocycles. The van der Waals surface area contributed by atoms with Gasteiger partial charge in [0, 0.05) is 16.7 Å². The van der Waals surface area contributed by atoms with Gasteiger partial charge in [-0.3, -0.25) is 0 Å². The zero-order valence-corrected chi connectivity index (χ0v) is 17.5. The van der Waals surface area contributed by atoms with Crippen molar-refractivity contribution in [3.63, 3.8) is 0 Å². The maximum Gasteiger partial charge on any atom is 0.0351 e. The van der Waals surface area contributed by atoms with Crippen molar-refractivity contribution >= 4 is 21.6 Å². The lowest BCUT2D eigenvalue weighted by Crippen LogP contribution is -2.01. The van der Waals surface area contributed by atoms with Crippen LogP contribution in [0.4, 0.5) is 5.69 Å². The van der Waals surface area contributed by atoms with Gasteiger partial charge in [0.2, 0.25) is 0 Å². The summed E-state index contributed by atoms with van der Waals surface area (Å²) in [4.78, 5) is 0. The first kappa shape index (κ1) is 21.5. The average molecular weight is 395 g/mol. The Morgan fingerprint density at radius 1 is 0.875 bits per heavy atom. The molecule has 0 bridgehead atoms. The third-order valence-electron chi connectivity index (χ3n) is 4.55. The van der Waals surface area contributed by atoms with E-state index in [9.17, 15) is 0 Å². The molecule has 24 heavy (non-hydrogen) atoms. The number of nitrogens with one attached hydrogen (secondary N) is 1. The fourth-order valence-electron chi connectivity index (χ4n) is 3.05. The minimum absolute atomic E-state index is 0.883. The molecule has 0 fully saturated rings. The molecule has 0 aliphatic carbocycles. The molecule has 0 heterocycles. The normalized spacial score (nSPS) is 11.2. The van der Waals surface area contributed by atoms with Crippen molar-refractivity contribution in [1.82, 2.24) is 0 Å². The van der Waals surface area contributed by atoms with Gasteiger partial charge in [-0.25, -0.2) is 0 Å². The van der Waals surface area contributed by atoms with Crippen LogP contribution in [-0.4, -0.2) is 6.54 Å². The Bertz CT molecular complexity index is 403. The SMILES string of the molecule is CC(C)CCCCCCCCCCCCCNc1cc[c]c(Br)c1. The van der Waals surface area contributed by atoms with Crippen molar-refractivity contribution in [3.05, 3.63) is 28.7 Å². The maximum atomic E-state index is 3.48. The summed E-state index contributed by atoms with van der Waals surface area (Å²) in [6.07, 6.45) is 16.9. The van der Waals surface area contributed by atoms with E-state index >= 15 is 0 Å². The minimum atomic E-state index is 0.883. The number of benzene rings is 1. The van der Waals surface area contributed by atoms with Gasteiger partial charge < -0.3 is 5.32 Å². The summed E-state index contributed by atoms with van der Waals surface area (Å²) >= 11 is 3.45. The van der Waals surface area contributed by atoms with E-state index in [1.165, 1.54) is 82.7 Å². The van der Waals surface area contributed by atoms with E-state index in [0.717, 1.165) is 16.9 Å². The highest BCUT2D eigenvalue weighted by atomic mass is 79.9. The summed E-state index contributed by atoms with van der Waals surface area (Å²) in [5.74, 6) is 0.883. The molecule has 1 N–H and O–H groups in total. The van der Waals surface area contributed by atoms with Gasteiger partial charge in [-0.2, -0.15) is 0 Å². The van der Waals surface area contributed by atoms with Gasteiger partial charge in [0.25, 0.3) is 0 Å². The lowest BCUT2D eigenvalue weighted by atomic mass is 10.0. The number of rotatable bonds is 15. The number of hydrogen-bond donors (Lipinski definition) is 1. The van der Waals surface area contributed by atoms with Gasteiger partial charge in [-0.15, -0.1) is 0 Å². The number of halogens is 1. The zero-order valence-electron chi connectivity index (χ0n) is 15.9. The standard InChI is InChI=1S/C22H37BrN/c1-20(2)15-12-10-8-6-4-3-5-7-9-11-13-18-24-22-17-14-16-21(23)19-22/h14,17,19-20,24H,3-13,15,18H2,1-2H3. The second-order valence-corrected chi connectivity index (χ2v) is 8.28. The number of hydrogen-bond acceptors (Lipinski definition) is 1. The Balaban J connectivity index is 1.78. The zero-order chi connectivity index (χ0) is 17.5. The molecular formula is C22H37BrN. The molecule has 0 aliphatic rings. The van der Waals surface area contributed by atoms with Gasteiger partial charge >= 0.3 is 0 Å². The van der Waals surface area contributed by atoms with E-state index in [1.54, 1.807) is 0 Å². The molecule has 137 valence electrons. The van der Waals surface area contributed by atoms with E-state index in [4.69, 9.17) is 0 Å². The molecule has 1 aromatic carbocycles. The number of anilines is 1. The third-order valence-corrected chi connectivity index (χ3v) is 5.01. The first-order chi connectivity index (χ1) is 11.7. The van der Waals surface area contributed by atoms with Gasteiger partial charge in [0.1, 0.15) is 0 Å². The first-order valence-corrected chi connectivity index (χ1v) is 10.9. The summed E-state index contributed by atoms with van der Waals surface area (Å²) in [5, 5.41) is 3.48. The number of unbranched alkanes of at least 4 members (excludes halogenated alkanes) is 10. The molecule has 0 atom stereocenters. The third kappa shape index (κ3) is 12.9. The van der Waals surface area contributed by atoms with Gasteiger partial charge in [0.15, 0.2) is 0 Å². The lowest BCUT2D eigenvalue weighted by molar-refractivity contribution is 0.504. The molecular weight excluding hydrogens is 358 g/mol. The molecule has 0 aromatic heterocycles. The monoisotopic (exact) mass is 394 g/mol. The predicted octanol–water partition coefficient (Wildman–Crippen LogP) is 8.00. The van der Waals surface area contributed by atoms with Crippen LogP contribution < -0.4 is 5.32 Å². The van der Waals surface area contributed by atoms with Gasteiger partial charge in [-0.1, -0.05) is 106 Å². The van der Waals surface area contributed by atoms with E-state index in [0.29, 0.717) is 0 Å². The van der Waals surface area contributed by atoms with Crippen molar-refractivity contribution in [2.45, 2.75) is 90.9 Å². The summed E-state index contributed by atoms with van der Waals surface area (Å²) in [6.45, 7) is 5.73. The van der Waals surface area contributed by atoms with Crippen LogP contribution in [0, 0.1) is 12.0 Å². The highest BCUT2D eigenvalue weighted by Gasteiger charge is 1.96. The Labute approximate surface area is 159 Å². The first-order valence-electron chi connectivity index (χ1n) is 10.1. The topological polar surface area (TPSA) is 12.0 Å². The van der Waals surface area contributed by atoms with Crippen LogP contribution in [0.15, 0.2) is 22.7 Å². The second kappa shape index (κ2) is 14.8. The summed E-state index contributed by atoms with van der Waals surface area (Å²) in [7, 11) is 0. The molecule has 0 saturated heterocycles. The van der Waals surface area contributed by atoms with Crippen LogP contribution in [0.2, 0.25) is 0 Å². The lowest BCUT2D eigenvalue weighted by Gasteiger charge is -2.07. The fraction of sp³-hybridized carbons (Fsp3) is 0.727. The summed E-state index contributed by atoms with van der Waals surface area (Å²) in [6, 6.07) is 9.22. The van der Waals surface area contributed by atoms with Crippen LogP contribution in [-0.2, 0) is 0 Å². The predicted molar refractivity (Wildman–Crippen MR) is 112 cm³/mol. The Morgan fingerprint density at radius 2 is 1.42 bits per heavy atom. The smallest absolute Gasteiger partial charge is 0.0351 e. The molecule has 1 rings (SSSR count). The van der Waals surface area contributed by atoms with E-state index in [-0.39, 0.29) is 0 Å². The second-order valence-electron chi connectivity index (χ2n) is 7.42. The van der Waals surface area contributed by atoms with Crippen molar-refractivity contribution in [1.29, 1.82) is 0 Å². The Kier molecular flexibility index (Phi) is 13.3. The van der Waals surface area contributed by atoms with Crippen LogP contribution in [0.3, 0.4) is 0 Å². The highest BCUT2D eigenvalue weighted by molar-refractivity contribution is 9.10. The molecule has 2 heteroatoms. The molecule has 1 radical (unpaired) electrons. The van der Waals surface area contributed by atoms with Gasteiger partial charge in [-0.05, 0) is 30.5 Å². The summed E-state index contributed by atoms with van der Waals surface area (Å²) in [5.41, 5.74) is 1.19. The average Bonchev–Trinajstić information content (AvgIpc) is 2.55. The highest BCUT2D eigenvalue weighted by Crippen LogP contribution is 2.16. The summed E-state index contributed by atoms with van der Waals surface area (Å²) < 4.78 is 1.02. The van der Waals surface area contributed by atoms with Crippen molar-refractivity contribution in [2.24, 2.45) is 5.92 Å². The largest absolute Gasteiger partial charge is 0.385 e. The van der Waals surface area contributed by atoms with E-state index in [1.807, 2.05) is 6.07 Å². The molecule has 0 saturated carbocycles. The van der Waals surface area contributed by atoms with Crippen LogP contribution in [0.1, 0.15) is 90.9 Å². The fourth-order valence-corrected chi connectivity index (χ4v) is 3.43. The Hall–Kier alpha value is -0.500. The molecule has 0 unspecified atom stereocenters. The van der Waals surface area contributed by atoms with Crippen LogP contribution in [0.5, 0.6) is 0 Å². The maximum absolute atomic E-state index is 3.48. The molecule has 0 spiro atoms. The van der Waals surface area contributed by atoms with E-state index < -0.39 is 0 Å². The quantitative estimate of drug-likeness (QED) is 0.297. The van der Waals surface area contributed by atoms with Crippen LogP contribution >= 0.6 is 15.9 Å². The van der Waals surface area contributed by atoms with Crippen LogP contribution in [0.25, 0.3) is 0 Å². The van der Waals surface area contributed by atoms with Gasteiger partial charge in [0.05, 0.1) is 0 Å². The van der Waals surface area contributed by atoms with Crippen molar-refractivity contribution in [3.8, 4) is 0 Å². The minimum Gasteiger partial charge on any atom is -0.385 e. The van der Waals surface area contributed by atoms with Crippen molar-refractivity contribution in [2.75, 3.05) is 11.9 Å². The van der Waals surface area contributed by atoms with Crippen molar-refractivity contribution < 1.29 is 0 Å². The molecule has 0 amide bonds. The molecule has 1 nitrogen and oxygen atoms in total. The molecule has 1 aromatic rings. The van der Waals surface area contributed by atoms with E-state index in [2.05, 4.69) is 53.3 Å². The Morgan fingerprint density at radius 3 is 1.96 bits per heavy atom.